The lowest BCUT2D eigenvalue weighted by atomic mass is 9.86. The van der Waals surface area contributed by atoms with E-state index in [1.54, 1.807) is 0 Å². The summed E-state index contributed by atoms with van der Waals surface area (Å²) < 4.78 is 1.96. The summed E-state index contributed by atoms with van der Waals surface area (Å²) in [5.74, 6) is 0. The lowest BCUT2D eigenvalue weighted by Gasteiger charge is -2.21. The maximum absolute atomic E-state index is 4.36. The van der Waals surface area contributed by atoms with Gasteiger partial charge in [0.1, 0.15) is 0 Å². The number of nitrogens with one attached hydrogen (secondary N) is 1. The normalized spacial score (nSPS) is 13.4. The Kier molecular flexibility index (Phi) is 4.29. The number of nitrogens with zero attached hydrogens (tertiary/aromatic N) is 2. The van der Waals surface area contributed by atoms with E-state index in [0.29, 0.717) is 0 Å². The molecule has 1 aromatic heterocycles. The van der Waals surface area contributed by atoms with Crippen LogP contribution >= 0.6 is 0 Å². The molecule has 3 nitrogen and oxygen atoms in total. The molecule has 0 aliphatic rings. The largest absolute Gasteiger partial charge is 0.309 e. The molecule has 0 radical (unpaired) electrons. The minimum Gasteiger partial charge on any atom is -0.309 e. The van der Waals surface area contributed by atoms with E-state index >= 15 is 0 Å². The van der Waals surface area contributed by atoms with Crippen molar-refractivity contribution >= 4 is 0 Å². The molecule has 0 aliphatic heterocycles. The summed E-state index contributed by atoms with van der Waals surface area (Å²) in [6.07, 6.45) is 4.06. The zero-order valence-electron chi connectivity index (χ0n) is 13.1. The van der Waals surface area contributed by atoms with Gasteiger partial charge in [-0.3, -0.25) is 4.68 Å². The predicted octanol–water partition coefficient (Wildman–Crippen LogP) is 3.51. The van der Waals surface area contributed by atoms with Crippen LogP contribution in [0.5, 0.6) is 0 Å². The van der Waals surface area contributed by atoms with E-state index in [1.165, 1.54) is 16.7 Å². The van der Waals surface area contributed by atoms with Crippen LogP contribution in [0, 0.1) is 0 Å². The van der Waals surface area contributed by atoms with Crippen molar-refractivity contribution in [2.75, 3.05) is 7.05 Å². The second-order valence-corrected chi connectivity index (χ2v) is 6.22. The fourth-order valence-corrected chi connectivity index (χ4v) is 2.40. The SMILES string of the molecule is CCn1cc(C(NC)c2ccc(C(C)(C)C)cc2)cn1. The molecule has 3 heteroatoms. The summed E-state index contributed by atoms with van der Waals surface area (Å²) in [5, 5.41) is 7.74. The minimum atomic E-state index is 0.195. The van der Waals surface area contributed by atoms with Crippen LogP contribution in [-0.4, -0.2) is 16.8 Å². The van der Waals surface area contributed by atoms with Gasteiger partial charge in [-0.05, 0) is 30.5 Å². The van der Waals surface area contributed by atoms with E-state index in [1.807, 2.05) is 17.9 Å². The zero-order chi connectivity index (χ0) is 14.8. The molecule has 0 aliphatic carbocycles. The Hall–Kier alpha value is -1.61. The Labute approximate surface area is 122 Å². The fourth-order valence-electron chi connectivity index (χ4n) is 2.40. The average molecular weight is 271 g/mol. The highest BCUT2D eigenvalue weighted by Gasteiger charge is 2.17. The van der Waals surface area contributed by atoms with Crippen molar-refractivity contribution in [3.8, 4) is 0 Å². The van der Waals surface area contributed by atoms with Gasteiger partial charge in [0, 0.05) is 18.3 Å². The van der Waals surface area contributed by atoms with Crippen molar-refractivity contribution < 1.29 is 0 Å². The number of aromatic nitrogens is 2. The van der Waals surface area contributed by atoms with Gasteiger partial charge in [-0.2, -0.15) is 5.10 Å². The number of rotatable bonds is 4. The molecule has 1 atom stereocenters. The maximum Gasteiger partial charge on any atom is 0.0605 e. The third-order valence-electron chi connectivity index (χ3n) is 3.71. The highest BCUT2D eigenvalue weighted by atomic mass is 15.3. The molecule has 1 unspecified atom stereocenters. The third kappa shape index (κ3) is 3.10. The van der Waals surface area contributed by atoms with Crippen LogP contribution in [0.3, 0.4) is 0 Å². The van der Waals surface area contributed by atoms with Crippen molar-refractivity contribution in [3.05, 3.63) is 53.3 Å². The van der Waals surface area contributed by atoms with Crippen molar-refractivity contribution in [1.29, 1.82) is 0 Å². The maximum atomic E-state index is 4.36. The highest BCUT2D eigenvalue weighted by molar-refractivity contribution is 5.33. The fraction of sp³-hybridized carbons (Fsp3) is 0.471. The molecule has 2 rings (SSSR count). The lowest BCUT2D eigenvalue weighted by molar-refractivity contribution is 0.589. The van der Waals surface area contributed by atoms with Crippen LogP contribution in [0.4, 0.5) is 0 Å². The first-order valence-electron chi connectivity index (χ1n) is 7.25. The average Bonchev–Trinajstić information content (AvgIpc) is 2.88. The van der Waals surface area contributed by atoms with Crippen LogP contribution in [0.1, 0.15) is 50.4 Å². The monoisotopic (exact) mass is 271 g/mol. The van der Waals surface area contributed by atoms with E-state index in [4.69, 9.17) is 0 Å². The Morgan fingerprint density at radius 1 is 1.15 bits per heavy atom. The number of hydrogen-bond donors (Lipinski definition) is 1. The number of aryl methyl sites for hydroxylation is 1. The number of hydrogen-bond acceptors (Lipinski definition) is 2. The first-order chi connectivity index (χ1) is 9.45. The first-order valence-corrected chi connectivity index (χ1v) is 7.25. The highest BCUT2D eigenvalue weighted by Crippen LogP contribution is 2.26. The molecule has 2 aromatic rings. The van der Waals surface area contributed by atoms with Crippen molar-refractivity contribution in [2.45, 2.75) is 45.7 Å². The van der Waals surface area contributed by atoms with Gasteiger partial charge in [-0.1, -0.05) is 45.0 Å². The van der Waals surface area contributed by atoms with Gasteiger partial charge >= 0.3 is 0 Å². The topological polar surface area (TPSA) is 29.9 Å². The summed E-state index contributed by atoms with van der Waals surface area (Å²) in [5.41, 5.74) is 4.04. The molecule has 1 heterocycles. The molecule has 0 amide bonds. The van der Waals surface area contributed by atoms with Gasteiger partial charge in [0.25, 0.3) is 0 Å². The van der Waals surface area contributed by atoms with Gasteiger partial charge < -0.3 is 5.32 Å². The minimum absolute atomic E-state index is 0.195. The molecule has 1 N–H and O–H groups in total. The van der Waals surface area contributed by atoms with Crippen molar-refractivity contribution in [1.82, 2.24) is 15.1 Å². The predicted molar refractivity (Wildman–Crippen MR) is 83.9 cm³/mol. The van der Waals surface area contributed by atoms with E-state index in [2.05, 4.69) is 68.6 Å². The van der Waals surface area contributed by atoms with E-state index in [0.717, 1.165) is 6.54 Å². The van der Waals surface area contributed by atoms with Gasteiger partial charge in [-0.25, -0.2) is 0 Å². The molecule has 0 spiro atoms. The molecule has 1 aromatic carbocycles. The van der Waals surface area contributed by atoms with Crippen LogP contribution in [0.25, 0.3) is 0 Å². The third-order valence-corrected chi connectivity index (χ3v) is 3.71. The van der Waals surface area contributed by atoms with Crippen LogP contribution in [-0.2, 0) is 12.0 Å². The second-order valence-electron chi connectivity index (χ2n) is 6.22. The standard InChI is InChI=1S/C17H25N3/c1-6-20-12-14(11-19-20)16(18-5)13-7-9-15(10-8-13)17(2,3)4/h7-12,16,18H,6H2,1-5H3. The van der Waals surface area contributed by atoms with E-state index < -0.39 is 0 Å². The summed E-state index contributed by atoms with van der Waals surface area (Å²) in [7, 11) is 1.99. The van der Waals surface area contributed by atoms with Gasteiger partial charge in [-0.15, -0.1) is 0 Å². The number of benzene rings is 1. The molecule has 20 heavy (non-hydrogen) atoms. The lowest BCUT2D eigenvalue weighted by Crippen LogP contribution is -2.18. The molecule has 0 saturated carbocycles. The summed E-state index contributed by atoms with van der Waals surface area (Å²) in [4.78, 5) is 0. The van der Waals surface area contributed by atoms with Crippen LogP contribution in [0.15, 0.2) is 36.7 Å². The smallest absolute Gasteiger partial charge is 0.0605 e. The van der Waals surface area contributed by atoms with Crippen molar-refractivity contribution in [3.63, 3.8) is 0 Å². The van der Waals surface area contributed by atoms with E-state index in [-0.39, 0.29) is 11.5 Å². The van der Waals surface area contributed by atoms with Gasteiger partial charge in [0.05, 0.1) is 12.2 Å². The Bertz CT molecular complexity index is 546. The summed E-state index contributed by atoms with van der Waals surface area (Å²) >= 11 is 0. The van der Waals surface area contributed by atoms with E-state index in [9.17, 15) is 0 Å². The zero-order valence-corrected chi connectivity index (χ0v) is 13.1. The molecular formula is C17H25N3. The Balaban J connectivity index is 2.28. The second kappa shape index (κ2) is 5.80. The quantitative estimate of drug-likeness (QED) is 0.922. The first kappa shape index (κ1) is 14.8. The molecular weight excluding hydrogens is 246 g/mol. The van der Waals surface area contributed by atoms with Crippen LogP contribution < -0.4 is 5.32 Å². The molecule has 108 valence electrons. The summed E-state index contributed by atoms with van der Waals surface area (Å²) in [6.45, 7) is 9.72. The van der Waals surface area contributed by atoms with Crippen molar-refractivity contribution in [2.24, 2.45) is 0 Å². The molecule has 0 saturated heterocycles. The molecule has 0 fully saturated rings. The molecule has 0 bridgehead atoms. The Morgan fingerprint density at radius 3 is 2.25 bits per heavy atom. The Morgan fingerprint density at radius 2 is 1.80 bits per heavy atom. The van der Waals surface area contributed by atoms with Gasteiger partial charge in [0.2, 0.25) is 0 Å². The van der Waals surface area contributed by atoms with Gasteiger partial charge in [0.15, 0.2) is 0 Å². The van der Waals surface area contributed by atoms with Crippen LogP contribution in [0.2, 0.25) is 0 Å². The summed E-state index contributed by atoms with van der Waals surface area (Å²) in [6, 6.07) is 9.08.